The Balaban J connectivity index is 1.49. The van der Waals surface area contributed by atoms with E-state index >= 15 is 0 Å². The third-order valence-corrected chi connectivity index (χ3v) is 6.22. The monoisotopic (exact) mass is 349 g/mol. The minimum Gasteiger partial charge on any atom is -0.496 e. The topological polar surface area (TPSA) is 21.3 Å². The Morgan fingerprint density at radius 3 is 2.67 bits per heavy atom. The molecular weight excluding hydrogens is 326 g/mol. The van der Waals surface area contributed by atoms with E-state index in [9.17, 15) is 0 Å². The lowest BCUT2D eigenvalue weighted by Crippen LogP contribution is -2.36. The summed E-state index contributed by atoms with van der Waals surface area (Å²) in [5.41, 5.74) is 1.95. The quantitative estimate of drug-likeness (QED) is 0.832. The predicted molar refractivity (Wildman–Crippen MR) is 88.7 cm³/mol. The number of fused-ring (bicyclic) bond motifs is 1. The molecule has 3 saturated carbocycles. The van der Waals surface area contributed by atoms with Crippen LogP contribution in [0.4, 0.5) is 0 Å². The van der Waals surface area contributed by atoms with Crippen LogP contribution in [0.1, 0.15) is 37.7 Å². The highest BCUT2D eigenvalue weighted by Crippen LogP contribution is 2.60. The SMILES string of the molecule is COc1ccc(CC2(CNC3CC3)CC3CC3C2)cc1Br. The van der Waals surface area contributed by atoms with Gasteiger partial charge in [-0.1, -0.05) is 6.07 Å². The van der Waals surface area contributed by atoms with E-state index in [0.29, 0.717) is 5.41 Å². The molecule has 3 heteroatoms. The molecular formula is C18H24BrNO. The van der Waals surface area contributed by atoms with Gasteiger partial charge in [0.1, 0.15) is 5.75 Å². The summed E-state index contributed by atoms with van der Waals surface area (Å²) >= 11 is 3.63. The maximum atomic E-state index is 5.35. The van der Waals surface area contributed by atoms with Crippen LogP contribution in [0.15, 0.2) is 22.7 Å². The van der Waals surface area contributed by atoms with Gasteiger partial charge in [0.15, 0.2) is 0 Å². The van der Waals surface area contributed by atoms with E-state index in [-0.39, 0.29) is 0 Å². The molecule has 21 heavy (non-hydrogen) atoms. The van der Waals surface area contributed by atoms with Crippen molar-refractivity contribution in [1.82, 2.24) is 5.32 Å². The fraction of sp³-hybridized carbons (Fsp3) is 0.667. The molecule has 1 aromatic carbocycles. The molecule has 3 aliphatic rings. The van der Waals surface area contributed by atoms with Crippen molar-refractivity contribution in [3.8, 4) is 5.75 Å². The maximum Gasteiger partial charge on any atom is 0.133 e. The van der Waals surface area contributed by atoms with Crippen molar-refractivity contribution >= 4 is 15.9 Å². The third-order valence-electron chi connectivity index (χ3n) is 5.60. The molecule has 0 amide bonds. The normalized spacial score (nSPS) is 33.8. The van der Waals surface area contributed by atoms with Crippen molar-refractivity contribution in [1.29, 1.82) is 0 Å². The summed E-state index contributed by atoms with van der Waals surface area (Å²) in [6, 6.07) is 7.41. The molecule has 0 aromatic heterocycles. The van der Waals surface area contributed by atoms with Gasteiger partial charge in [-0.15, -0.1) is 0 Å². The second-order valence-electron chi connectivity index (χ2n) is 7.46. The number of halogens is 1. The van der Waals surface area contributed by atoms with Gasteiger partial charge >= 0.3 is 0 Å². The summed E-state index contributed by atoms with van der Waals surface area (Å²) in [5, 5.41) is 3.80. The summed E-state index contributed by atoms with van der Waals surface area (Å²) in [7, 11) is 1.73. The summed E-state index contributed by atoms with van der Waals surface area (Å²) in [6.07, 6.45) is 8.34. The van der Waals surface area contributed by atoms with Crippen molar-refractivity contribution in [2.75, 3.05) is 13.7 Å². The highest BCUT2D eigenvalue weighted by atomic mass is 79.9. The van der Waals surface area contributed by atoms with Gasteiger partial charge in [-0.05, 0) is 89.4 Å². The molecule has 0 spiro atoms. The van der Waals surface area contributed by atoms with Crippen LogP contribution in [0, 0.1) is 17.3 Å². The fourth-order valence-corrected chi connectivity index (χ4v) is 4.85. The molecule has 2 atom stereocenters. The van der Waals surface area contributed by atoms with Gasteiger partial charge in [0.2, 0.25) is 0 Å². The van der Waals surface area contributed by atoms with Crippen LogP contribution in [0.5, 0.6) is 5.75 Å². The van der Waals surface area contributed by atoms with Gasteiger partial charge in [0, 0.05) is 12.6 Å². The smallest absolute Gasteiger partial charge is 0.133 e. The van der Waals surface area contributed by atoms with Crippen LogP contribution >= 0.6 is 15.9 Å². The van der Waals surface area contributed by atoms with Crippen molar-refractivity contribution in [2.45, 2.75) is 44.6 Å². The lowest BCUT2D eigenvalue weighted by Gasteiger charge is -2.32. The first-order chi connectivity index (χ1) is 10.2. The first-order valence-corrected chi connectivity index (χ1v) is 9.03. The van der Waals surface area contributed by atoms with Crippen LogP contribution in [0.25, 0.3) is 0 Å². The minimum absolute atomic E-state index is 0.504. The van der Waals surface area contributed by atoms with Crippen molar-refractivity contribution in [3.05, 3.63) is 28.2 Å². The predicted octanol–water partition coefficient (Wildman–Crippen LogP) is 4.17. The van der Waals surface area contributed by atoms with Crippen molar-refractivity contribution in [2.24, 2.45) is 17.3 Å². The summed E-state index contributed by atoms with van der Waals surface area (Å²) < 4.78 is 6.43. The molecule has 2 unspecified atom stereocenters. The van der Waals surface area contributed by atoms with E-state index in [1.807, 2.05) is 0 Å². The van der Waals surface area contributed by atoms with Crippen LogP contribution < -0.4 is 10.1 Å². The van der Waals surface area contributed by atoms with Crippen LogP contribution in [0.3, 0.4) is 0 Å². The molecule has 1 N–H and O–H groups in total. The summed E-state index contributed by atoms with van der Waals surface area (Å²) in [6.45, 7) is 1.22. The average molecular weight is 350 g/mol. The standard InChI is InChI=1S/C18H24BrNO/c1-21-17-5-2-12(6-16(17)19)8-18(11-20-15-3-4-15)9-13-7-14(13)10-18/h2,5-6,13-15,20H,3-4,7-11H2,1H3. The number of ether oxygens (including phenoxy) is 1. The third kappa shape index (κ3) is 3.00. The van der Waals surface area contributed by atoms with Crippen LogP contribution in [0.2, 0.25) is 0 Å². The minimum atomic E-state index is 0.504. The number of nitrogens with one attached hydrogen (secondary N) is 1. The Kier molecular flexibility index (Phi) is 3.54. The molecule has 0 bridgehead atoms. The highest BCUT2D eigenvalue weighted by Gasteiger charge is 2.53. The largest absolute Gasteiger partial charge is 0.496 e. The zero-order valence-corrected chi connectivity index (χ0v) is 14.3. The summed E-state index contributed by atoms with van der Waals surface area (Å²) in [5.74, 6) is 3.00. The van der Waals surface area contributed by atoms with E-state index in [4.69, 9.17) is 4.74 Å². The zero-order chi connectivity index (χ0) is 14.4. The van der Waals surface area contributed by atoms with E-state index in [1.165, 1.54) is 50.6 Å². The Morgan fingerprint density at radius 2 is 2.05 bits per heavy atom. The highest BCUT2D eigenvalue weighted by molar-refractivity contribution is 9.10. The summed E-state index contributed by atoms with van der Waals surface area (Å²) in [4.78, 5) is 0. The Hall–Kier alpha value is -0.540. The second kappa shape index (κ2) is 5.27. The van der Waals surface area contributed by atoms with Gasteiger partial charge in [-0.25, -0.2) is 0 Å². The van der Waals surface area contributed by atoms with Crippen molar-refractivity contribution < 1.29 is 4.74 Å². The van der Waals surface area contributed by atoms with E-state index in [2.05, 4.69) is 39.4 Å². The molecule has 114 valence electrons. The number of rotatable bonds is 6. The van der Waals surface area contributed by atoms with E-state index in [0.717, 1.165) is 28.1 Å². The molecule has 0 saturated heterocycles. The average Bonchev–Trinajstić information content (AvgIpc) is 3.37. The lowest BCUT2D eigenvalue weighted by molar-refractivity contribution is 0.247. The van der Waals surface area contributed by atoms with Gasteiger partial charge in [0.25, 0.3) is 0 Å². The van der Waals surface area contributed by atoms with Crippen molar-refractivity contribution in [3.63, 3.8) is 0 Å². The van der Waals surface area contributed by atoms with Crippen LogP contribution in [-0.4, -0.2) is 19.7 Å². The molecule has 3 fully saturated rings. The molecule has 1 aromatic rings. The van der Waals surface area contributed by atoms with Gasteiger partial charge < -0.3 is 10.1 Å². The number of hydrogen-bond donors (Lipinski definition) is 1. The van der Waals surface area contributed by atoms with E-state index < -0.39 is 0 Å². The van der Waals surface area contributed by atoms with Gasteiger partial charge in [0.05, 0.1) is 11.6 Å². The Labute approximate surface area is 135 Å². The first kappa shape index (κ1) is 14.1. The molecule has 3 aliphatic carbocycles. The van der Waals surface area contributed by atoms with Gasteiger partial charge in [-0.3, -0.25) is 0 Å². The number of hydrogen-bond acceptors (Lipinski definition) is 2. The van der Waals surface area contributed by atoms with Gasteiger partial charge in [-0.2, -0.15) is 0 Å². The maximum absolute atomic E-state index is 5.35. The molecule has 2 nitrogen and oxygen atoms in total. The van der Waals surface area contributed by atoms with E-state index in [1.54, 1.807) is 7.11 Å². The Morgan fingerprint density at radius 1 is 1.29 bits per heavy atom. The Bertz CT molecular complexity index is 530. The number of methoxy groups -OCH3 is 1. The second-order valence-corrected chi connectivity index (χ2v) is 8.32. The lowest BCUT2D eigenvalue weighted by atomic mass is 9.77. The molecule has 0 aliphatic heterocycles. The molecule has 4 rings (SSSR count). The molecule has 0 radical (unpaired) electrons. The fourth-order valence-electron chi connectivity index (χ4n) is 4.26. The molecule has 0 heterocycles. The zero-order valence-electron chi connectivity index (χ0n) is 12.7. The number of benzene rings is 1. The first-order valence-electron chi connectivity index (χ1n) is 8.23. The van der Waals surface area contributed by atoms with Crippen LogP contribution in [-0.2, 0) is 6.42 Å².